The monoisotopic (exact) mass is 326 g/mol. The third-order valence-electron chi connectivity index (χ3n) is 1.39. The molecule has 4 heteroatoms. The summed E-state index contributed by atoms with van der Waals surface area (Å²) in [7, 11) is 0. The molecule has 0 unspecified atom stereocenters. The summed E-state index contributed by atoms with van der Waals surface area (Å²) in [5.74, 6) is 0. The first-order valence-electron chi connectivity index (χ1n) is 2.75. The molecule has 0 N–H and O–H groups in total. The van der Waals surface area contributed by atoms with E-state index in [9.17, 15) is 4.79 Å². The third kappa shape index (κ3) is 3.69. The fraction of sp³-hybridized carbons (Fsp3) is 0.286. The first-order chi connectivity index (χ1) is 4.22. The minimum absolute atomic E-state index is 0. The Kier molecular flexibility index (Phi) is 7.94. The molecule has 0 radical (unpaired) electrons. The molecule has 0 aliphatic heterocycles. The van der Waals surface area contributed by atoms with Crippen molar-refractivity contribution in [2.75, 3.05) is 0 Å². The van der Waals surface area contributed by atoms with E-state index in [2.05, 4.69) is 15.7 Å². The Bertz CT molecular complexity index is 208. The molecule has 1 nitrogen and oxygen atoms in total. The zero-order valence-electron chi connectivity index (χ0n) is 5.92. The molecule has 66 valence electrons. The summed E-state index contributed by atoms with van der Waals surface area (Å²) in [5.41, 5.74) is 1.88. The Labute approximate surface area is 95.4 Å². The molecule has 0 aromatic heterocycles. The van der Waals surface area contributed by atoms with Gasteiger partial charge in [0.1, 0.15) is 0 Å². The summed E-state index contributed by atoms with van der Waals surface area (Å²) in [6.45, 7) is 1.92. The van der Waals surface area contributed by atoms with Gasteiger partial charge in [-0.1, -0.05) is 0 Å². The van der Waals surface area contributed by atoms with Gasteiger partial charge in [0.25, 0.3) is 0 Å². The van der Waals surface area contributed by atoms with Crippen molar-refractivity contribution < 1.29 is 20.5 Å². The van der Waals surface area contributed by atoms with E-state index in [0.717, 1.165) is 17.6 Å². The minimum atomic E-state index is -0.106. The Morgan fingerprint density at radius 2 is 2.09 bits per heavy atom. The Morgan fingerprint density at radius 3 is 2.27 bits per heavy atom. The molecule has 0 atom stereocenters. The summed E-state index contributed by atoms with van der Waals surface area (Å²) >= 11 is 3.76. The molecule has 1 rings (SSSR count). The molecular formula is C7H9Br2CoO. The van der Waals surface area contributed by atoms with Gasteiger partial charge in [-0.2, -0.15) is 0 Å². The Balaban J connectivity index is 0. The van der Waals surface area contributed by atoms with E-state index in [1.807, 2.05) is 19.1 Å². The molecule has 0 bridgehead atoms. The average Bonchev–Trinajstić information content (AvgIpc) is 2.13. The number of carbonyl (C=O) groups excluding carboxylic acids is 1. The van der Waals surface area contributed by atoms with Crippen LogP contribution in [-0.2, 0) is 20.5 Å². The van der Waals surface area contributed by atoms with Crippen LogP contribution in [0.3, 0.4) is 0 Å². The van der Waals surface area contributed by atoms with Crippen LogP contribution in [0.25, 0.3) is 0 Å². The third-order valence-corrected chi connectivity index (χ3v) is 1.70. The predicted octanol–water partition coefficient (Wildman–Crippen LogP) is 2.49. The topological polar surface area (TPSA) is 17.1 Å². The van der Waals surface area contributed by atoms with Crippen molar-refractivity contribution >= 4 is 38.7 Å². The first-order valence-corrected chi connectivity index (χ1v) is 3.28. The number of carbonyl (C=O) groups is 1. The van der Waals surface area contributed by atoms with Crippen molar-refractivity contribution in [2.24, 2.45) is 0 Å². The van der Waals surface area contributed by atoms with Crippen LogP contribution >= 0.6 is 34.0 Å². The molecule has 0 aromatic carbocycles. The normalized spacial score (nSPS) is 14.1. The zero-order chi connectivity index (χ0) is 6.85. The Morgan fingerprint density at radius 1 is 1.55 bits per heavy atom. The van der Waals surface area contributed by atoms with E-state index in [4.69, 9.17) is 0 Å². The van der Waals surface area contributed by atoms with Crippen LogP contribution < -0.4 is 0 Å². The van der Waals surface area contributed by atoms with Gasteiger partial charge in [0.2, 0.25) is 0 Å². The van der Waals surface area contributed by atoms with Crippen molar-refractivity contribution in [3.63, 3.8) is 0 Å². The van der Waals surface area contributed by atoms with Gasteiger partial charge in [0.05, 0.1) is 0 Å². The summed E-state index contributed by atoms with van der Waals surface area (Å²) in [5, 5.41) is 0. The number of hydrogen-bond acceptors (Lipinski definition) is 1. The van der Waals surface area contributed by atoms with Crippen molar-refractivity contribution in [1.82, 2.24) is 0 Å². The molecule has 1 aliphatic carbocycles. The van der Waals surface area contributed by atoms with Gasteiger partial charge < -0.3 is 0 Å². The van der Waals surface area contributed by atoms with E-state index in [0.29, 0.717) is 0 Å². The van der Waals surface area contributed by atoms with Crippen molar-refractivity contribution in [3.8, 4) is 0 Å². The van der Waals surface area contributed by atoms with Crippen LogP contribution in [0, 0.1) is 0 Å². The summed E-state index contributed by atoms with van der Waals surface area (Å²) < 4.78 is -0.106. The molecule has 0 amide bonds. The second-order valence-electron chi connectivity index (χ2n) is 2.02. The maximum absolute atomic E-state index is 10.6. The summed E-state index contributed by atoms with van der Waals surface area (Å²) in [6, 6.07) is 0. The van der Waals surface area contributed by atoms with Crippen LogP contribution in [0.5, 0.6) is 0 Å². The van der Waals surface area contributed by atoms with Crippen LogP contribution in [-0.4, -0.2) is 4.72 Å². The van der Waals surface area contributed by atoms with Crippen LogP contribution in [0.4, 0.5) is 0 Å². The molecule has 0 spiro atoms. The molecule has 1 aliphatic rings. The van der Waals surface area contributed by atoms with Gasteiger partial charge in [-0.15, -0.1) is 34.0 Å². The summed E-state index contributed by atoms with van der Waals surface area (Å²) in [6.07, 6.45) is 4.67. The van der Waals surface area contributed by atoms with E-state index in [1.165, 1.54) is 0 Å². The number of hydrogen-bond donors (Lipinski definition) is 0. The molecule has 0 saturated heterocycles. The van der Waals surface area contributed by atoms with Crippen molar-refractivity contribution in [3.05, 3.63) is 23.3 Å². The van der Waals surface area contributed by atoms with Crippen LogP contribution in [0.15, 0.2) is 23.3 Å². The quantitative estimate of drug-likeness (QED) is 0.723. The zero-order valence-corrected chi connectivity index (χ0v) is 10.4. The standard InChI is InChI=1S/C7H7O.2BrH.Co/c1-6-3-2-4-7(6)5-8;;;/h2-3H,4H2,1H3;2*1H;. The van der Waals surface area contributed by atoms with Gasteiger partial charge in [-0.25, -0.2) is 0 Å². The molecular weight excluding hydrogens is 319 g/mol. The van der Waals surface area contributed by atoms with Crippen molar-refractivity contribution in [1.29, 1.82) is 0 Å². The SMILES string of the molecule is Br.Br.CC1=C([C](=O)[Co])CC=C1. The molecule has 0 heterocycles. The van der Waals surface area contributed by atoms with Crippen molar-refractivity contribution in [2.45, 2.75) is 13.3 Å². The van der Waals surface area contributed by atoms with E-state index >= 15 is 0 Å². The maximum atomic E-state index is 10.6. The fourth-order valence-corrected chi connectivity index (χ4v) is 1.15. The second kappa shape index (κ2) is 6.17. The molecule has 0 saturated carbocycles. The van der Waals surface area contributed by atoms with Crippen LogP contribution in [0.1, 0.15) is 13.3 Å². The van der Waals surface area contributed by atoms with Gasteiger partial charge in [-0.05, 0) is 0 Å². The van der Waals surface area contributed by atoms with Gasteiger partial charge in [0.15, 0.2) is 0 Å². The predicted molar refractivity (Wildman–Crippen MR) is 52.1 cm³/mol. The number of halogens is 2. The average molecular weight is 328 g/mol. The Hall–Kier alpha value is 0.616. The fourth-order valence-electron chi connectivity index (χ4n) is 0.837. The van der Waals surface area contributed by atoms with Gasteiger partial charge in [0, 0.05) is 0 Å². The van der Waals surface area contributed by atoms with E-state index in [1.54, 1.807) is 0 Å². The second-order valence-corrected chi connectivity index (χ2v) is 2.49. The molecule has 11 heavy (non-hydrogen) atoms. The number of allylic oxidation sites excluding steroid dienone is 4. The molecule has 0 fully saturated rings. The van der Waals surface area contributed by atoms with Gasteiger partial charge in [-0.3, -0.25) is 0 Å². The van der Waals surface area contributed by atoms with E-state index in [-0.39, 0.29) is 38.7 Å². The molecule has 0 aromatic rings. The number of rotatable bonds is 1. The first kappa shape index (κ1) is 14.2. The summed E-state index contributed by atoms with van der Waals surface area (Å²) in [4.78, 5) is 10.6. The van der Waals surface area contributed by atoms with E-state index < -0.39 is 0 Å². The van der Waals surface area contributed by atoms with Crippen LogP contribution in [0.2, 0.25) is 0 Å². The van der Waals surface area contributed by atoms with Gasteiger partial charge >= 0.3 is 61.9 Å².